The lowest BCUT2D eigenvalue weighted by Crippen LogP contribution is -2.18. The molecule has 3 rings (SSSR count). The molecule has 2 aromatic rings. The Labute approximate surface area is 131 Å². The Morgan fingerprint density at radius 2 is 2.05 bits per heavy atom. The Kier molecular flexibility index (Phi) is 4.18. The number of halogens is 1. The van der Waals surface area contributed by atoms with Crippen molar-refractivity contribution in [2.24, 2.45) is 0 Å². The molecule has 110 valence electrons. The maximum absolute atomic E-state index is 6.25. The third-order valence-corrected chi connectivity index (χ3v) is 4.60. The first kappa shape index (κ1) is 14.4. The molecule has 3 heteroatoms. The summed E-state index contributed by atoms with van der Waals surface area (Å²) >= 11 is 6.25. The zero-order valence-electron chi connectivity index (χ0n) is 12.6. The summed E-state index contributed by atoms with van der Waals surface area (Å²) in [6, 6.07) is 15.0. The van der Waals surface area contributed by atoms with E-state index in [2.05, 4.69) is 48.5 Å². The number of benzene rings is 2. The molecule has 0 aliphatic carbocycles. The molecule has 0 saturated heterocycles. The summed E-state index contributed by atoms with van der Waals surface area (Å²) in [6.45, 7) is 4.15. The average Bonchev–Trinajstić information content (AvgIpc) is 2.86. The molecule has 1 N–H and O–H groups in total. The fourth-order valence-corrected chi connectivity index (χ4v) is 3.24. The molecule has 2 aromatic carbocycles. The van der Waals surface area contributed by atoms with Crippen LogP contribution in [0.15, 0.2) is 42.5 Å². The van der Waals surface area contributed by atoms with Crippen LogP contribution in [0.1, 0.15) is 29.7 Å². The van der Waals surface area contributed by atoms with Crippen LogP contribution in [-0.2, 0) is 13.0 Å². The Hall–Kier alpha value is -1.51. The molecule has 0 fully saturated rings. The molecule has 0 saturated carbocycles. The second-order valence-electron chi connectivity index (χ2n) is 5.76. The van der Waals surface area contributed by atoms with Gasteiger partial charge in [-0.2, -0.15) is 0 Å². The topological polar surface area (TPSA) is 15.3 Å². The minimum atomic E-state index is 0.245. The van der Waals surface area contributed by atoms with Crippen molar-refractivity contribution in [2.75, 3.05) is 18.5 Å². The number of fused-ring (bicyclic) bond motifs is 1. The van der Waals surface area contributed by atoms with Crippen molar-refractivity contribution in [2.45, 2.75) is 25.9 Å². The van der Waals surface area contributed by atoms with E-state index in [1.165, 1.54) is 16.8 Å². The van der Waals surface area contributed by atoms with Crippen molar-refractivity contribution >= 4 is 17.3 Å². The molecule has 0 radical (unpaired) electrons. The van der Waals surface area contributed by atoms with E-state index in [4.69, 9.17) is 11.6 Å². The highest BCUT2D eigenvalue weighted by Crippen LogP contribution is 2.28. The lowest BCUT2D eigenvalue weighted by Gasteiger charge is -2.16. The molecule has 0 aromatic heterocycles. The molecule has 0 amide bonds. The summed E-state index contributed by atoms with van der Waals surface area (Å²) in [4.78, 5) is 2.32. The summed E-state index contributed by atoms with van der Waals surface area (Å²) < 4.78 is 0. The molecule has 1 unspecified atom stereocenters. The van der Waals surface area contributed by atoms with Crippen LogP contribution in [0.2, 0.25) is 5.02 Å². The lowest BCUT2D eigenvalue weighted by atomic mass is 10.1. The van der Waals surface area contributed by atoms with Gasteiger partial charge in [0.25, 0.3) is 0 Å². The van der Waals surface area contributed by atoms with Crippen molar-refractivity contribution in [3.63, 3.8) is 0 Å². The highest BCUT2D eigenvalue weighted by Gasteiger charge is 2.15. The molecule has 1 atom stereocenters. The summed E-state index contributed by atoms with van der Waals surface area (Å²) in [5, 5.41) is 4.39. The second-order valence-corrected chi connectivity index (χ2v) is 6.17. The Morgan fingerprint density at radius 3 is 2.86 bits per heavy atom. The number of rotatable bonds is 4. The largest absolute Gasteiger partial charge is 0.374 e. The van der Waals surface area contributed by atoms with Gasteiger partial charge in [-0.15, -0.1) is 0 Å². The van der Waals surface area contributed by atoms with E-state index in [-0.39, 0.29) is 6.04 Å². The first-order chi connectivity index (χ1) is 10.1. The normalized spacial score (nSPS) is 15.1. The fourth-order valence-electron chi connectivity index (χ4n) is 2.94. The minimum Gasteiger partial charge on any atom is -0.374 e. The maximum Gasteiger partial charge on any atom is 0.0453 e. The van der Waals surface area contributed by atoms with Crippen LogP contribution in [0, 0.1) is 0 Å². The Balaban J connectivity index is 1.67. The van der Waals surface area contributed by atoms with Crippen LogP contribution in [0.25, 0.3) is 0 Å². The molecule has 21 heavy (non-hydrogen) atoms. The van der Waals surface area contributed by atoms with Crippen LogP contribution >= 0.6 is 11.6 Å². The Bertz CT molecular complexity index is 639. The van der Waals surface area contributed by atoms with Crippen LogP contribution in [-0.4, -0.2) is 13.6 Å². The number of anilines is 1. The summed E-state index contributed by atoms with van der Waals surface area (Å²) in [7, 11) is 2.16. The summed E-state index contributed by atoms with van der Waals surface area (Å²) in [5.74, 6) is 0. The van der Waals surface area contributed by atoms with Gasteiger partial charge in [0.1, 0.15) is 0 Å². The molecular weight excluding hydrogens is 280 g/mol. The van der Waals surface area contributed by atoms with Gasteiger partial charge in [0.05, 0.1) is 0 Å². The minimum absolute atomic E-state index is 0.245. The smallest absolute Gasteiger partial charge is 0.0453 e. The van der Waals surface area contributed by atoms with Crippen molar-refractivity contribution in [1.29, 1.82) is 0 Å². The van der Waals surface area contributed by atoms with Crippen molar-refractivity contribution < 1.29 is 0 Å². The van der Waals surface area contributed by atoms with E-state index < -0.39 is 0 Å². The van der Waals surface area contributed by atoms with Gasteiger partial charge in [-0.25, -0.2) is 0 Å². The first-order valence-corrected chi connectivity index (χ1v) is 7.83. The number of hydrogen-bond donors (Lipinski definition) is 1. The van der Waals surface area contributed by atoms with E-state index in [9.17, 15) is 0 Å². The van der Waals surface area contributed by atoms with Crippen molar-refractivity contribution in [3.05, 3.63) is 64.2 Å². The number of hydrogen-bond acceptors (Lipinski definition) is 2. The van der Waals surface area contributed by atoms with Crippen LogP contribution in [0.3, 0.4) is 0 Å². The van der Waals surface area contributed by atoms with Gasteiger partial charge in [0.2, 0.25) is 0 Å². The van der Waals surface area contributed by atoms with E-state index >= 15 is 0 Å². The molecule has 1 heterocycles. The highest BCUT2D eigenvalue weighted by atomic mass is 35.5. The van der Waals surface area contributed by atoms with E-state index in [0.29, 0.717) is 0 Å². The summed E-state index contributed by atoms with van der Waals surface area (Å²) in [5.41, 5.74) is 5.32. The third kappa shape index (κ3) is 3.07. The zero-order valence-corrected chi connectivity index (χ0v) is 13.3. The van der Waals surface area contributed by atoms with Crippen LogP contribution in [0.5, 0.6) is 0 Å². The Morgan fingerprint density at radius 1 is 1.24 bits per heavy atom. The second kappa shape index (κ2) is 6.08. The number of nitrogens with zero attached hydrogens (tertiary/aromatic N) is 1. The standard InChI is InChI=1S/C18H21ClN2/c1-13(16-5-3-4-6-17(16)19)20-12-14-7-8-18-15(11-14)9-10-21(18)2/h3-8,11,13,20H,9-10,12H2,1-2H3. The first-order valence-electron chi connectivity index (χ1n) is 7.46. The number of likely N-dealkylation sites (N-methyl/N-ethyl adjacent to an activating group) is 1. The summed E-state index contributed by atoms with van der Waals surface area (Å²) in [6.07, 6.45) is 1.15. The molecule has 2 nitrogen and oxygen atoms in total. The fraction of sp³-hybridized carbons (Fsp3) is 0.333. The lowest BCUT2D eigenvalue weighted by molar-refractivity contribution is 0.575. The molecule has 0 spiro atoms. The van der Waals surface area contributed by atoms with Crippen molar-refractivity contribution in [3.8, 4) is 0 Å². The predicted molar refractivity (Wildman–Crippen MR) is 90.1 cm³/mol. The predicted octanol–water partition coefficient (Wildman–Crippen LogP) is 4.18. The van der Waals surface area contributed by atoms with E-state index in [1.54, 1.807) is 0 Å². The molecule has 0 bridgehead atoms. The maximum atomic E-state index is 6.25. The number of nitrogens with one attached hydrogen (secondary N) is 1. The van der Waals surface area contributed by atoms with E-state index in [0.717, 1.165) is 30.1 Å². The van der Waals surface area contributed by atoms with Gasteiger partial charge < -0.3 is 10.2 Å². The quantitative estimate of drug-likeness (QED) is 0.911. The van der Waals surface area contributed by atoms with Gasteiger partial charge in [-0.1, -0.05) is 41.9 Å². The van der Waals surface area contributed by atoms with Crippen LogP contribution < -0.4 is 10.2 Å². The van der Waals surface area contributed by atoms with Gasteiger partial charge in [0, 0.05) is 36.9 Å². The van der Waals surface area contributed by atoms with Gasteiger partial charge in [0.15, 0.2) is 0 Å². The third-order valence-electron chi connectivity index (χ3n) is 4.26. The zero-order chi connectivity index (χ0) is 14.8. The van der Waals surface area contributed by atoms with Gasteiger partial charge in [-0.05, 0) is 42.2 Å². The molecular formula is C18H21ClN2. The SMILES string of the molecule is CC(NCc1ccc2c(c1)CCN2C)c1ccccc1Cl. The van der Waals surface area contributed by atoms with E-state index in [1.807, 2.05) is 18.2 Å². The van der Waals surface area contributed by atoms with Gasteiger partial charge in [-0.3, -0.25) is 0 Å². The molecule has 1 aliphatic rings. The monoisotopic (exact) mass is 300 g/mol. The molecule has 1 aliphatic heterocycles. The van der Waals surface area contributed by atoms with Crippen LogP contribution in [0.4, 0.5) is 5.69 Å². The average molecular weight is 301 g/mol. The highest BCUT2D eigenvalue weighted by molar-refractivity contribution is 6.31. The van der Waals surface area contributed by atoms with Gasteiger partial charge >= 0.3 is 0 Å². The van der Waals surface area contributed by atoms with Crippen molar-refractivity contribution in [1.82, 2.24) is 5.32 Å².